The predicted molar refractivity (Wildman–Crippen MR) is 79.3 cm³/mol. The van der Waals surface area contributed by atoms with E-state index in [0.29, 0.717) is 23.6 Å². The van der Waals surface area contributed by atoms with Gasteiger partial charge in [0.25, 0.3) is 0 Å². The van der Waals surface area contributed by atoms with Crippen LogP contribution in [-0.4, -0.2) is 18.8 Å². The van der Waals surface area contributed by atoms with Gasteiger partial charge in [0.2, 0.25) is 5.91 Å². The molecule has 0 unspecified atom stereocenters. The SMILES string of the molecule is CCOc1ccc([C@@H]2CC(=O)NC(SC)=C2C#N)cc1. The van der Waals surface area contributed by atoms with E-state index >= 15 is 0 Å². The Morgan fingerprint density at radius 3 is 2.70 bits per heavy atom. The van der Waals surface area contributed by atoms with Crippen LogP contribution in [0.2, 0.25) is 0 Å². The Morgan fingerprint density at radius 1 is 1.45 bits per heavy atom. The third-order valence-corrected chi connectivity index (χ3v) is 3.88. The van der Waals surface area contributed by atoms with Crippen molar-refractivity contribution in [3.63, 3.8) is 0 Å². The molecule has 1 N–H and O–H groups in total. The largest absolute Gasteiger partial charge is 0.494 e. The minimum atomic E-state index is -0.174. The Morgan fingerprint density at radius 2 is 2.15 bits per heavy atom. The van der Waals surface area contributed by atoms with Crippen molar-refractivity contribution in [2.45, 2.75) is 19.3 Å². The van der Waals surface area contributed by atoms with Crippen LogP contribution < -0.4 is 10.1 Å². The van der Waals surface area contributed by atoms with Gasteiger partial charge in [-0.25, -0.2) is 0 Å². The monoisotopic (exact) mass is 288 g/mol. The van der Waals surface area contributed by atoms with Gasteiger partial charge in [-0.1, -0.05) is 12.1 Å². The Labute approximate surface area is 122 Å². The summed E-state index contributed by atoms with van der Waals surface area (Å²) in [6.07, 6.45) is 2.16. The predicted octanol–water partition coefficient (Wildman–Crippen LogP) is 2.79. The Balaban J connectivity index is 2.34. The summed E-state index contributed by atoms with van der Waals surface area (Å²) in [5, 5.41) is 12.8. The van der Waals surface area contributed by atoms with Gasteiger partial charge in [0, 0.05) is 12.3 Å². The standard InChI is InChI=1S/C15H16N2O2S/c1-3-19-11-6-4-10(5-7-11)12-8-14(18)17-15(20-2)13(12)9-16/h4-7,12H,3,8H2,1-2H3,(H,17,18)/t12-/m0/s1. The van der Waals surface area contributed by atoms with Crippen LogP contribution in [-0.2, 0) is 4.79 Å². The molecule has 4 nitrogen and oxygen atoms in total. The maximum atomic E-state index is 11.8. The van der Waals surface area contributed by atoms with E-state index in [-0.39, 0.29) is 11.8 Å². The molecule has 1 heterocycles. The van der Waals surface area contributed by atoms with Gasteiger partial charge < -0.3 is 10.1 Å². The summed E-state index contributed by atoms with van der Waals surface area (Å²) in [7, 11) is 0. The molecule has 0 fully saturated rings. The number of allylic oxidation sites excluding steroid dienone is 1. The maximum absolute atomic E-state index is 11.8. The van der Waals surface area contributed by atoms with Gasteiger partial charge in [0.05, 0.1) is 23.3 Å². The topological polar surface area (TPSA) is 62.1 Å². The summed E-state index contributed by atoms with van der Waals surface area (Å²) >= 11 is 1.39. The lowest BCUT2D eigenvalue weighted by molar-refractivity contribution is -0.120. The fraction of sp³-hybridized carbons (Fsp3) is 0.333. The Bertz CT molecular complexity index is 573. The molecule has 20 heavy (non-hydrogen) atoms. The fourth-order valence-corrected chi connectivity index (χ4v) is 2.85. The summed E-state index contributed by atoms with van der Waals surface area (Å²) < 4.78 is 5.40. The van der Waals surface area contributed by atoms with E-state index in [0.717, 1.165) is 11.3 Å². The Kier molecular flexibility index (Phi) is 4.70. The molecule has 1 aliphatic heterocycles. The number of thioether (sulfide) groups is 1. The van der Waals surface area contributed by atoms with Gasteiger partial charge >= 0.3 is 0 Å². The number of nitrogens with zero attached hydrogens (tertiary/aromatic N) is 1. The number of rotatable bonds is 4. The van der Waals surface area contributed by atoms with E-state index in [1.807, 2.05) is 37.4 Å². The maximum Gasteiger partial charge on any atom is 0.225 e. The van der Waals surface area contributed by atoms with Crippen LogP contribution in [0.15, 0.2) is 34.9 Å². The van der Waals surface area contributed by atoms with Crippen molar-refractivity contribution in [1.82, 2.24) is 5.32 Å². The molecule has 0 spiro atoms. The highest BCUT2D eigenvalue weighted by atomic mass is 32.2. The van der Waals surface area contributed by atoms with Gasteiger partial charge in [-0.05, 0) is 30.9 Å². The molecule has 1 aromatic rings. The minimum absolute atomic E-state index is 0.0489. The van der Waals surface area contributed by atoms with Crippen LogP contribution in [0.1, 0.15) is 24.8 Å². The van der Waals surface area contributed by atoms with E-state index in [4.69, 9.17) is 4.74 Å². The van der Waals surface area contributed by atoms with Crippen LogP contribution in [0.25, 0.3) is 0 Å². The zero-order valence-corrected chi connectivity index (χ0v) is 12.3. The zero-order chi connectivity index (χ0) is 14.5. The van der Waals surface area contributed by atoms with Crippen LogP contribution in [0, 0.1) is 11.3 Å². The number of hydrogen-bond donors (Lipinski definition) is 1. The Hall–Kier alpha value is -1.93. The second-order valence-electron chi connectivity index (χ2n) is 4.37. The number of carbonyl (C=O) groups excluding carboxylic acids is 1. The number of carbonyl (C=O) groups is 1. The molecule has 0 bridgehead atoms. The van der Waals surface area contributed by atoms with E-state index in [9.17, 15) is 10.1 Å². The lowest BCUT2D eigenvalue weighted by Gasteiger charge is -2.24. The molecular formula is C15H16N2O2S. The van der Waals surface area contributed by atoms with Crippen molar-refractivity contribution in [2.24, 2.45) is 0 Å². The molecule has 2 rings (SSSR count). The van der Waals surface area contributed by atoms with Gasteiger partial charge in [-0.3, -0.25) is 4.79 Å². The summed E-state index contributed by atoms with van der Waals surface area (Å²) in [5.41, 5.74) is 1.59. The van der Waals surface area contributed by atoms with E-state index in [1.165, 1.54) is 11.8 Å². The van der Waals surface area contributed by atoms with Crippen molar-refractivity contribution in [3.05, 3.63) is 40.4 Å². The summed E-state index contributed by atoms with van der Waals surface area (Å²) in [6, 6.07) is 9.82. The van der Waals surface area contributed by atoms with Crippen molar-refractivity contribution in [2.75, 3.05) is 12.9 Å². The minimum Gasteiger partial charge on any atom is -0.494 e. The highest BCUT2D eigenvalue weighted by Gasteiger charge is 2.28. The first kappa shape index (κ1) is 14.5. The van der Waals surface area contributed by atoms with Gasteiger partial charge in [-0.15, -0.1) is 11.8 Å². The quantitative estimate of drug-likeness (QED) is 0.925. The molecule has 0 aliphatic carbocycles. The van der Waals surface area contributed by atoms with Gasteiger partial charge in [0.15, 0.2) is 0 Å². The number of amides is 1. The highest BCUT2D eigenvalue weighted by Crippen LogP contribution is 2.35. The summed E-state index contributed by atoms with van der Waals surface area (Å²) in [4.78, 5) is 11.8. The second-order valence-corrected chi connectivity index (χ2v) is 5.18. The van der Waals surface area contributed by atoms with E-state index in [2.05, 4.69) is 11.4 Å². The smallest absolute Gasteiger partial charge is 0.225 e. The molecule has 5 heteroatoms. The van der Waals surface area contributed by atoms with Crippen LogP contribution in [0.5, 0.6) is 5.75 Å². The molecular weight excluding hydrogens is 272 g/mol. The molecule has 0 saturated heterocycles. The van der Waals surface area contributed by atoms with E-state index < -0.39 is 0 Å². The molecule has 1 aliphatic rings. The number of hydrogen-bond acceptors (Lipinski definition) is 4. The highest BCUT2D eigenvalue weighted by molar-refractivity contribution is 8.02. The summed E-state index contributed by atoms with van der Waals surface area (Å²) in [6.45, 7) is 2.55. The molecule has 0 saturated carbocycles. The van der Waals surface area contributed by atoms with Crippen LogP contribution >= 0.6 is 11.8 Å². The van der Waals surface area contributed by atoms with Gasteiger partial charge in [0.1, 0.15) is 5.75 Å². The van der Waals surface area contributed by atoms with Gasteiger partial charge in [-0.2, -0.15) is 5.26 Å². The van der Waals surface area contributed by atoms with E-state index in [1.54, 1.807) is 0 Å². The first-order valence-electron chi connectivity index (χ1n) is 6.40. The number of ether oxygens (including phenoxy) is 1. The second kappa shape index (κ2) is 6.49. The van der Waals surface area contributed by atoms with Crippen LogP contribution in [0.4, 0.5) is 0 Å². The first-order valence-corrected chi connectivity index (χ1v) is 7.63. The van der Waals surface area contributed by atoms with Crippen molar-refractivity contribution < 1.29 is 9.53 Å². The average Bonchev–Trinajstić information content (AvgIpc) is 2.47. The zero-order valence-electron chi connectivity index (χ0n) is 11.5. The van der Waals surface area contributed by atoms with Crippen molar-refractivity contribution in [1.29, 1.82) is 5.26 Å². The third-order valence-electron chi connectivity index (χ3n) is 3.15. The molecule has 0 aromatic heterocycles. The molecule has 1 amide bonds. The third kappa shape index (κ3) is 2.97. The number of nitriles is 1. The lowest BCUT2D eigenvalue weighted by atomic mass is 9.87. The van der Waals surface area contributed by atoms with Crippen molar-refractivity contribution >= 4 is 17.7 Å². The number of benzene rings is 1. The van der Waals surface area contributed by atoms with Crippen LogP contribution in [0.3, 0.4) is 0 Å². The molecule has 104 valence electrons. The normalized spacial score (nSPS) is 18.4. The average molecular weight is 288 g/mol. The molecule has 0 radical (unpaired) electrons. The molecule has 1 atom stereocenters. The number of nitrogens with one attached hydrogen (secondary N) is 1. The lowest BCUT2D eigenvalue weighted by Crippen LogP contribution is -2.30. The molecule has 1 aromatic carbocycles. The van der Waals surface area contributed by atoms with Crippen molar-refractivity contribution in [3.8, 4) is 11.8 Å². The summed E-state index contributed by atoms with van der Waals surface area (Å²) in [5.74, 6) is 0.572. The first-order chi connectivity index (χ1) is 9.69. The fourth-order valence-electron chi connectivity index (χ4n) is 2.23.